The highest BCUT2D eigenvalue weighted by Crippen LogP contribution is 2.10. The quantitative estimate of drug-likeness (QED) is 0.676. The molecule has 0 aliphatic rings. The number of hydrogen-bond acceptors (Lipinski definition) is 3. The number of likely N-dealkylation sites (N-methyl/N-ethyl adjacent to an activating group) is 1. The first-order valence-electron chi connectivity index (χ1n) is 4.16. The summed E-state index contributed by atoms with van der Waals surface area (Å²) in [5.41, 5.74) is 0.705. The molecule has 1 aromatic rings. The number of phenolic OH excluding ortho intramolecular Hbond substituents is 1. The highest BCUT2D eigenvalue weighted by molar-refractivity contribution is 6.36. The number of ketones is 1. The van der Waals surface area contributed by atoms with Crippen LogP contribution in [0.25, 0.3) is 0 Å². The van der Waals surface area contributed by atoms with Crippen molar-refractivity contribution in [3.05, 3.63) is 29.8 Å². The molecule has 0 spiro atoms. The number of rotatable bonds is 3. The number of carbonyl (C=O) groups excluding carboxylic acids is 2. The van der Waals surface area contributed by atoms with Gasteiger partial charge >= 0.3 is 0 Å². The second-order valence-electron chi connectivity index (χ2n) is 2.85. The maximum atomic E-state index is 11.2. The monoisotopic (exact) mass is 193 g/mol. The van der Waals surface area contributed by atoms with Crippen LogP contribution in [0.4, 0.5) is 0 Å². The van der Waals surface area contributed by atoms with Crippen LogP contribution < -0.4 is 5.32 Å². The number of hydrogen-bond donors (Lipinski definition) is 2. The predicted molar refractivity (Wildman–Crippen MR) is 50.9 cm³/mol. The summed E-state index contributed by atoms with van der Waals surface area (Å²) in [4.78, 5) is 22.0. The molecule has 0 heterocycles. The number of phenols is 1. The van der Waals surface area contributed by atoms with Crippen LogP contribution in [-0.4, -0.2) is 23.8 Å². The van der Waals surface area contributed by atoms with Gasteiger partial charge in [0.2, 0.25) is 5.78 Å². The molecule has 74 valence electrons. The zero-order valence-electron chi connectivity index (χ0n) is 7.78. The van der Waals surface area contributed by atoms with Crippen LogP contribution in [0, 0.1) is 0 Å². The highest BCUT2D eigenvalue weighted by atomic mass is 16.3. The third-order valence-corrected chi connectivity index (χ3v) is 1.78. The molecule has 0 bridgehead atoms. The zero-order valence-corrected chi connectivity index (χ0v) is 7.78. The first-order chi connectivity index (χ1) is 6.63. The normalized spacial score (nSPS) is 9.50. The molecule has 14 heavy (non-hydrogen) atoms. The Morgan fingerprint density at radius 3 is 2.36 bits per heavy atom. The highest BCUT2D eigenvalue weighted by Gasteiger charge is 2.11. The summed E-state index contributed by atoms with van der Waals surface area (Å²) < 4.78 is 0. The fourth-order valence-electron chi connectivity index (χ4n) is 1.02. The molecule has 0 aliphatic heterocycles. The Balaban J connectivity index is 2.65. The summed E-state index contributed by atoms with van der Waals surface area (Å²) >= 11 is 0. The molecular formula is C10H11NO3. The number of amides is 1. The SMILES string of the molecule is CNC(=O)C(=O)Cc1ccc(O)cc1. The van der Waals surface area contributed by atoms with Crippen LogP contribution in [-0.2, 0) is 16.0 Å². The molecule has 1 amide bonds. The second kappa shape index (κ2) is 4.41. The van der Waals surface area contributed by atoms with E-state index in [-0.39, 0.29) is 12.2 Å². The van der Waals surface area contributed by atoms with Crippen molar-refractivity contribution in [2.24, 2.45) is 0 Å². The van der Waals surface area contributed by atoms with Gasteiger partial charge in [-0.2, -0.15) is 0 Å². The first-order valence-corrected chi connectivity index (χ1v) is 4.16. The van der Waals surface area contributed by atoms with E-state index in [9.17, 15) is 9.59 Å². The van der Waals surface area contributed by atoms with Gasteiger partial charge in [-0.25, -0.2) is 0 Å². The summed E-state index contributed by atoms with van der Waals surface area (Å²) in [6.07, 6.45) is 0.0555. The summed E-state index contributed by atoms with van der Waals surface area (Å²) in [6, 6.07) is 6.17. The lowest BCUT2D eigenvalue weighted by Crippen LogP contribution is -2.28. The minimum absolute atomic E-state index is 0.0555. The van der Waals surface area contributed by atoms with Crippen LogP contribution in [0.5, 0.6) is 5.75 Å². The lowest BCUT2D eigenvalue weighted by molar-refractivity contribution is -0.137. The minimum atomic E-state index is -0.599. The van der Waals surface area contributed by atoms with Crippen LogP contribution >= 0.6 is 0 Å². The Morgan fingerprint density at radius 2 is 1.86 bits per heavy atom. The van der Waals surface area contributed by atoms with E-state index in [4.69, 9.17) is 5.11 Å². The van der Waals surface area contributed by atoms with Crippen LogP contribution in [0.2, 0.25) is 0 Å². The average Bonchev–Trinajstić information content (AvgIpc) is 2.20. The Hall–Kier alpha value is -1.84. The van der Waals surface area contributed by atoms with Crippen molar-refractivity contribution in [2.75, 3.05) is 7.05 Å². The number of benzene rings is 1. The third-order valence-electron chi connectivity index (χ3n) is 1.78. The van der Waals surface area contributed by atoms with Gasteiger partial charge in [-0.1, -0.05) is 12.1 Å². The lowest BCUT2D eigenvalue weighted by Gasteiger charge is -1.99. The standard InChI is InChI=1S/C10H11NO3/c1-11-10(14)9(13)6-7-2-4-8(12)5-3-7/h2-5,12H,6H2,1H3,(H,11,14). The molecule has 0 saturated heterocycles. The Labute approximate surface area is 81.6 Å². The van der Waals surface area contributed by atoms with E-state index >= 15 is 0 Å². The molecule has 1 aromatic carbocycles. The van der Waals surface area contributed by atoms with Gasteiger partial charge in [-0.15, -0.1) is 0 Å². The van der Waals surface area contributed by atoms with Crippen molar-refractivity contribution < 1.29 is 14.7 Å². The van der Waals surface area contributed by atoms with Crippen molar-refractivity contribution in [3.63, 3.8) is 0 Å². The van der Waals surface area contributed by atoms with E-state index < -0.39 is 11.7 Å². The van der Waals surface area contributed by atoms with Crippen molar-refractivity contribution >= 4 is 11.7 Å². The van der Waals surface area contributed by atoms with Crippen molar-refractivity contribution in [3.8, 4) is 5.75 Å². The molecule has 0 unspecified atom stereocenters. The summed E-state index contributed by atoms with van der Waals surface area (Å²) in [5.74, 6) is -0.947. The molecule has 0 aromatic heterocycles. The van der Waals surface area contributed by atoms with Gasteiger partial charge in [0.05, 0.1) is 0 Å². The Morgan fingerprint density at radius 1 is 1.29 bits per heavy atom. The van der Waals surface area contributed by atoms with E-state index in [1.807, 2.05) is 0 Å². The zero-order chi connectivity index (χ0) is 10.6. The Kier molecular flexibility index (Phi) is 3.23. The molecule has 0 radical (unpaired) electrons. The largest absolute Gasteiger partial charge is 0.508 e. The van der Waals surface area contributed by atoms with Gasteiger partial charge in [0.25, 0.3) is 5.91 Å². The molecule has 0 fully saturated rings. The van der Waals surface area contributed by atoms with Gasteiger partial charge in [-0.3, -0.25) is 9.59 Å². The smallest absolute Gasteiger partial charge is 0.287 e. The Bertz CT molecular complexity index is 343. The van der Waals surface area contributed by atoms with Crippen LogP contribution in [0.3, 0.4) is 0 Å². The summed E-state index contributed by atoms with van der Waals surface area (Å²) in [7, 11) is 1.41. The van der Waals surface area contributed by atoms with Crippen molar-refractivity contribution in [1.82, 2.24) is 5.32 Å². The third kappa shape index (κ3) is 2.58. The van der Waals surface area contributed by atoms with Gasteiger partial charge in [0, 0.05) is 13.5 Å². The second-order valence-corrected chi connectivity index (χ2v) is 2.85. The number of nitrogens with one attached hydrogen (secondary N) is 1. The van der Waals surface area contributed by atoms with E-state index in [1.165, 1.54) is 19.2 Å². The molecule has 0 aliphatic carbocycles. The lowest BCUT2D eigenvalue weighted by atomic mass is 10.1. The molecule has 0 atom stereocenters. The fraction of sp³-hybridized carbons (Fsp3) is 0.200. The molecule has 2 N–H and O–H groups in total. The number of carbonyl (C=O) groups is 2. The van der Waals surface area contributed by atoms with Crippen molar-refractivity contribution in [1.29, 1.82) is 0 Å². The molecule has 1 rings (SSSR count). The van der Waals surface area contributed by atoms with E-state index in [2.05, 4.69) is 5.32 Å². The number of aromatic hydroxyl groups is 1. The summed E-state index contributed by atoms with van der Waals surface area (Å²) in [5, 5.41) is 11.2. The van der Waals surface area contributed by atoms with Crippen LogP contribution in [0.1, 0.15) is 5.56 Å². The van der Waals surface area contributed by atoms with Crippen molar-refractivity contribution in [2.45, 2.75) is 6.42 Å². The van der Waals surface area contributed by atoms with Gasteiger partial charge in [-0.05, 0) is 17.7 Å². The number of Topliss-reactive ketones (excluding diaryl/α,β-unsaturated/α-hetero) is 1. The molecular weight excluding hydrogens is 182 g/mol. The topological polar surface area (TPSA) is 66.4 Å². The van der Waals surface area contributed by atoms with E-state index in [0.717, 1.165) is 0 Å². The molecule has 4 nitrogen and oxygen atoms in total. The van der Waals surface area contributed by atoms with Gasteiger partial charge in [0.1, 0.15) is 5.75 Å². The maximum absolute atomic E-state index is 11.2. The minimum Gasteiger partial charge on any atom is -0.508 e. The first kappa shape index (κ1) is 10.2. The molecule has 0 saturated carbocycles. The summed E-state index contributed by atoms with van der Waals surface area (Å²) in [6.45, 7) is 0. The average molecular weight is 193 g/mol. The van der Waals surface area contributed by atoms with E-state index in [1.54, 1.807) is 12.1 Å². The van der Waals surface area contributed by atoms with Gasteiger partial charge in [0.15, 0.2) is 0 Å². The van der Waals surface area contributed by atoms with Crippen LogP contribution in [0.15, 0.2) is 24.3 Å². The van der Waals surface area contributed by atoms with E-state index in [0.29, 0.717) is 5.56 Å². The maximum Gasteiger partial charge on any atom is 0.287 e. The molecule has 4 heteroatoms. The fourth-order valence-corrected chi connectivity index (χ4v) is 1.02. The van der Waals surface area contributed by atoms with Gasteiger partial charge < -0.3 is 10.4 Å². The predicted octanol–water partition coefficient (Wildman–Crippen LogP) is 0.250.